The topological polar surface area (TPSA) is 27.7 Å². The van der Waals surface area contributed by atoms with Gasteiger partial charge in [-0.15, -0.1) is 0 Å². The van der Waals surface area contributed by atoms with Gasteiger partial charge < -0.3 is 14.0 Å². The van der Waals surface area contributed by atoms with E-state index in [4.69, 9.17) is 14.0 Å². The molecule has 1 aromatic rings. The summed E-state index contributed by atoms with van der Waals surface area (Å²) in [6, 6.07) is 7.76. The largest absolute Gasteiger partial charge is 0.497 e. The summed E-state index contributed by atoms with van der Waals surface area (Å²) in [6.45, 7) is 1.55. The van der Waals surface area contributed by atoms with Gasteiger partial charge in [0.15, 0.2) is 0 Å². The average molecular weight is 192 g/mol. The number of hydrogen-bond donors (Lipinski definition) is 0. The third-order valence-electron chi connectivity index (χ3n) is 2.22. The molecule has 0 aliphatic carbocycles. The fraction of sp³-hybridized carbons (Fsp3) is 0.400. The highest BCUT2D eigenvalue weighted by Gasteiger charge is 2.23. The van der Waals surface area contributed by atoms with Crippen molar-refractivity contribution in [2.45, 2.75) is 6.42 Å². The molecule has 0 radical (unpaired) electrons. The van der Waals surface area contributed by atoms with Crippen LogP contribution in [0.2, 0.25) is 0 Å². The molecule has 1 fully saturated rings. The summed E-state index contributed by atoms with van der Waals surface area (Å²) >= 11 is 0. The molecule has 74 valence electrons. The molecule has 0 saturated carbocycles. The van der Waals surface area contributed by atoms with Gasteiger partial charge in [0.2, 0.25) is 0 Å². The van der Waals surface area contributed by atoms with Crippen molar-refractivity contribution in [3.05, 3.63) is 24.3 Å². The lowest BCUT2D eigenvalue weighted by molar-refractivity contribution is 0.143. The molecule has 1 aromatic carbocycles. The predicted molar refractivity (Wildman–Crippen MR) is 54.9 cm³/mol. The fourth-order valence-electron chi connectivity index (χ4n) is 1.44. The van der Waals surface area contributed by atoms with E-state index in [9.17, 15) is 0 Å². The fourth-order valence-corrected chi connectivity index (χ4v) is 1.44. The minimum atomic E-state index is -0.199. The number of benzene rings is 1. The van der Waals surface area contributed by atoms with Crippen LogP contribution in [0, 0.1) is 0 Å². The van der Waals surface area contributed by atoms with E-state index in [1.54, 1.807) is 7.11 Å². The first kappa shape index (κ1) is 9.56. The molecular formula is C10H13BO3. The van der Waals surface area contributed by atoms with E-state index in [0.717, 1.165) is 30.8 Å². The van der Waals surface area contributed by atoms with Gasteiger partial charge in [0.25, 0.3) is 0 Å². The van der Waals surface area contributed by atoms with Gasteiger partial charge in [0.05, 0.1) is 7.11 Å². The summed E-state index contributed by atoms with van der Waals surface area (Å²) in [6.07, 6.45) is 0.979. The van der Waals surface area contributed by atoms with Crippen LogP contribution in [0.3, 0.4) is 0 Å². The first-order chi connectivity index (χ1) is 6.90. The minimum absolute atomic E-state index is 0.199. The zero-order chi connectivity index (χ0) is 9.80. The molecule has 1 heterocycles. The molecule has 0 aromatic heterocycles. The molecule has 14 heavy (non-hydrogen) atoms. The van der Waals surface area contributed by atoms with Crippen LogP contribution in [0.25, 0.3) is 0 Å². The third kappa shape index (κ3) is 2.08. The van der Waals surface area contributed by atoms with Gasteiger partial charge in [0.1, 0.15) is 5.75 Å². The van der Waals surface area contributed by atoms with Crippen LogP contribution in [-0.4, -0.2) is 27.4 Å². The highest BCUT2D eigenvalue weighted by Crippen LogP contribution is 2.08. The monoisotopic (exact) mass is 192 g/mol. The van der Waals surface area contributed by atoms with Crippen molar-refractivity contribution in [3.8, 4) is 5.75 Å². The predicted octanol–water partition coefficient (Wildman–Crippen LogP) is 0.827. The van der Waals surface area contributed by atoms with Gasteiger partial charge in [0, 0.05) is 13.2 Å². The molecule has 0 atom stereocenters. The second-order valence-corrected chi connectivity index (χ2v) is 3.20. The lowest BCUT2D eigenvalue weighted by Gasteiger charge is -2.19. The molecule has 2 rings (SSSR count). The van der Waals surface area contributed by atoms with E-state index in [0.29, 0.717) is 0 Å². The van der Waals surface area contributed by atoms with Crippen molar-refractivity contribution in [2.24, 2.45) is 0 Å². The van der Waals surface area contributed by atoms with Gasteiger partial charge in [-0.05, 0) is 24.0 Å². The molecule has 0 N–H and O–H groups in total. The van der Waals surface area contributed by atoms with Crippen molar-refractivity contribution < 1.29 is 14.0 Å². The van der Waals surface area contributed by atoms with Crippen molar-refractivity contribution in [1.82, 2.24) is 0 Å². The molecule has 1 aliphatic heterocycles. The van der Waals surface area contributed by atoms with E-state index in [-0.39, 0.29) is 7.12 Å². The van der Waals surface area contributed by atoms with Gasteiger partial charge in [-0.3, -0.25) is 0 Å². The maximum absolute atomic E-state index is 5.47. The third-order valence-corrected chi connectivity index (χ3v) is 2.22. The summed E-state index contributed by atoms with van der Waals surface area (Å²) in [7, 11) is 1.46. The zero-order valence-corrected chi connectivity index (χ0v) is 8.23. The molecule has 0 amide bonds. The van der Waals surface area contributed by atoms with Crippen LogP contribution in [-0.2, 0) is 9.31 Å². The average Bonchev–Trinajstić information content (AvgIpc) is 2.30. The summed E-state index contributed by atoms with van der Waals surface area (Å²) in [5, 5.41) is 0. The SMILES string of the molecule is COc1ccc(B2OCCCO2)cc1. The van der Waals surface area contributed by atoms with Gasteiger partial charge in [-0.25, -0.2) is 0 Å². The van der Waals surface area contributed by atoms with Crippen LogP contribution < -0.4 is 10.2 Å². The van der Waals surface area contributed by atoms with Crippen molar-refractivity contribution >= 4 is 12.6 Å². The van der Waals surface area contributed by atoms with Crippen LogP contribution in [0.5, 0.6) is 5.75 Å². The first-order valence-corrected chi connectivity index (χ1v) is 4.77. The lowest BCUT2D eigenvalue weighted by Crippen LogP contribution is -2.40. The number of methoxy groups -OCH3 is 1. The highest BCUT2D eigenvalue weighted by atomic mass is 16.6. The molecule has 0 bridgehead atoms. The molecule has 0 spiro atoms. The number of rotatable bonds is 2. The summed E-state index contributed by atoms with van der Waals surface area (Å²) in [4.78, 5) is 0. The van der Waals surface area contributed by atoms with E-state index < -0.39 is 0 Å². The number of hydrogen-bond acceptors (Lipinski definition) is 3. The summed E-state index contributed by atoms with van der Waals surface area (Å²) < 4.78 is 16.0. The summed E-state index contributed by atoms with van der Waals surface area (Å²) in [5.41, 5.74) is 1.05. The standard InChI is InChI=1S/C10H13BO3/c1-12-10-5-3-9(4-6-10)11-13-7-2-8-14-11/h3-6H,2,7-8H2,1H3. The molecule has 1 saturated heterocycles. The van der Waals surface area contributed by atoms with Crippen LogP contribution >= 0.6 is 0 Å². The Morgan fingerprint density at radius 3 is 2.36 bits per heavy atom. The minimum Gasteiger partial charge on any atom is -0.497 e. The van der Waals surface area contributed by atoms with Crippen molar-refractivity contribution in [2.75, 3.05) is 20.3 Å². The lowest BCUT2D eigenvalue weighted by atomic mass is 9.78. The number of ether oxygens (including phenoxy) is 1. The molecule has 0 unspecified atom stereocenters. The Labute approximate surface area is 84.1 Å². The smallest absolute Gasteiger partial charge is 0.493 e. The molecule has 1 aliphatic rings. The van der Waals surface area contributed by atoms with E-state index in [2.05, 4.69) is 0 Å². The second kappa shape index (κ2) is 4.48. The Kier molecular flexibility index (Phi) is 3.06. The maximum atomic E-state index is 5.47. The quantitative estimate of drug-likeness (QED) is 0.649. The van der Waals surface area contributed by atoms with Gasteiger partial charge >= 0.3 is 7.12 Å². The second-order valence-electron chi connectivity index (χ2n) is 3.20. The Morgan fingerprint density at radius 1 is 1.14 bits per heavy atom. The Balaban J connectivity index is 2.07. The van der Waals surface area contributed by atoms with Crippen molar-refractivity contribution in [1.29, 1.82) is 0 Å². The van der Waals surface area contributed by atoms with Gasteiger partial charge in [-0.1, -0.05) is 12.1 Å². The normalized spacial score (nSPS) is 16.8. The Hall–Kier alpha value is -0.995. The first-order valence-electron chi connectivity index (χ1n) is 4.77. The molecule has 4 heteroatoms. The Morgan fingerprint density at radius 2 is 1.79 bits per heavy atom. The van der Waals surface area contributed by atoms with Crippen LogP contribution in [0.4, 0.5) is 0 Å². The van der Waals surface area contributed by atoms with Crippen LogP contribution in [0.1, 0.15) is 6.42 Å². The zero-order valence-electron chi connectivity index (χ0n) is 8.23. The van der Waals surface area contributed by atoms with E-state index >= 15 is 0 Å². The maximum Gasteiger partial charge on any atom is 0.493 e. The van der Waals surface area contributed by atoms with Crippen LogP contribution in [0.15, 0.2) is 24.3 Å². The van der Waals surface area contributed by atoms with Crippen molar-refractivity contribution in [3.63, 3.8) is 0 Å². The van der Waals surface area contributed by atoms with E-state index in [1.165, 1.54) is 0 Å². The molecular weight excluding hydrogens is 179 g/mol. The Bertz CT molecular complexity index is 280. The molecule has 3 nitrogen and oxygen atoms in total. The summed E-state index contributed by atoms with van der Waals surface area (Å²) in [5.74, 6) is 0.851. The highest BCUT2D eigenvalue weighted by molar-refractivity contribution is 6.61. The van der Waals surface area contributed by atoms with Gasteiger partial charge in [-0.2, -0.15) is 0 Å². The van der Waals surface area contributed by atoms with E-state index in [1.807, 2.05) is 24.3 Å².